The van der Waals surface area contributed by atoms with E-state index in [0.29, 0.717) is 42.6 Å². The molecule has 0 bridgehead atoms. The second-order valence-corrected chi connectivity index (χ2v) is 8.92. The van der Waals surface area contributed by atoms with Crippen molar-refractivity contribution in [2.45, 2.75) is 12.5 Å². The van der Waals surface area contributed by atoms with Crippen LogP contribution in [0.3, 0.4) is 0 Å². The Kier molecular flexibility index (Phi) is 14.1. The smallest absolute Gasteiger partial charge is 0.304 e. The Morgan fingerprint density at radius 2 is 1.34 bits per heavy atom. The van der Waals surface area contributed by atoms with Gasteiger partial charge < -0.3 is 48.8 Å². The molecule has 2 aromatic rings. The summed E-state index contributed by atoms with van der Waals surface area (Å²) < 4.78 is 23.0. The van der Waals surface area contributed by atoms with Crippen LogP contribution in [0.4, 0.5) is 0 Å². The lowest BCUT2D eigenvalue weighted by Crippen LogP contribution is -2.47. The Bertz CT molecular complexity index is 1110. The summed E-state index contributed by atoms with van der Waals surface area (Å²) in [7, 11) is 4.80. The van der Waals surface area contributed by atoms with Crippen LogP contribution >= 0.6 is 0 Å². The van der Waals surface area contributed by atoms with E-state index in [1.165, 1.54) is 0 Å². The molecule has 0 radical (unpaired) electrons. The molecule has 12 heteroatoms. The number of methoxy groups -OCH3 is 3. The molecule has 1 atom stereocenters. The molecule has 0 spiro atoms. The SMILES string of the molecule is COc1cc(C(OCCN2CCN(CCC(=O)O)CC2)c2ccccc2)cc(OC)c1OC.O=C([O-])C=CC(=O)[O-]. The molecule has 1 saturated heterocycles. The highest BCUT2D eigenvalue weighted by Crippen LogP contribution is 2.41. The number of benzene rings is 2. The van der Waals surface area contributed by atoms with Crippen molar-refractivity contribution in [2.24, 2.45) is 0 Å². The Labute approximate surface area is 239 Å². The van der Waals surface area contributed by atoms with Gasteiger partial charge in [0.25, 0.3) is 0 Å². The van der Waals surface area contributed by atoms with Gasteiger partial charge in [-0.2, -0.15) is 0 Å². The molecule has 0 amide bonds. The van der Waals surface area contributed by atoms with Crippen molar-refractivity contribution in [2.75, 3.05) is 67.2 Å². The molecule has 12 nitrogen and oxygen atoms in total. The van der Waals surface area contributed by atoms with E-state index in [9.17, 15) is 24.6 Å². The van der Waals surface area contributed by atoms with Gasteiger partial charge in [-0.25, -0.2) is 0 Å². The highest BCUT2D eigenvalue weighted by Gasteiger charge is 2.22. The van der Waals surface area contributed by atoms with Crippen molar-refractivity contribution in [3.63, 3.8) is 0 Å². The fourth-order valence-electron chi connectivity index (χ4n) is 4.19. The molecule has 0 aliphatic carbocycles. The summed E-state index contributed by atoms with van der Waals surface area (Å²) in [5, 5.41) is 27.7. The number of rotatable bonds is 14. The summed E-state index contributed by atoms with van der Waals surface area (Å²) in [6.45, 7) is 5.54. The number of carboxylic acid groups (broad SMARTS) is 3. The molecule has 0 saturated carbocycles. The van der Waals surface area contributed by atoms with Crippen molar-refractivity contribution in [3.8, 4) is 17.2 Å². The van der Waals surface area contributed by atoms with Crippen LogP contribution < -0.4 is 24.4 Å². The van der Waals surface area contributed by atoms with Gasteiger partial charge in [0.15, 0.2) is 11.5 Å². The second-order valence-electron chi connectivity index (χ2n) is 8.92. The minimum atomic E-state index is -1.55. The first kappa shape index (κ1) is 33.1. The minimum Gasteiger partial charge on any atom is -0.545 e. The molecule has 1 heterocycles. The van der Waals surface area contributed by atoms with Gasteiger partial charge >= 0.3 is 5.97 Å². The van der Waals surface area contributed by atoms with E-state index in [-0.39, 0.29) is 12.5 Å². The summed E-state index contributed by atoms with van der Waals surface area (Å²) in [5.41, 5.74) is 1.97. The molecule has 2 aromatic carbocycles. The third-order valence-electron chi connectivity index (χ3n) is 6.25. The monoisotopic (exact) mass is 572 g/mol. The lowest BCUT2D eigenvalue weighted by atomic mass is 10.0. The van der Waals surface area contributed by atoms with E-state index in [2.05, 4.69) is 21.9 Å². The van der Waals surface area contributed by atoms with Crippen molar-refractivity contribution in [1.82, 2.24) is 9.80 Å². The molecule has 1 unspecified atom stereocenters. The second kappa shape index (κ2) is 17.5. The van der Waals surface area contributed by atoms with Gasteiger partial charge in [-0.3, -0.25) is 9.69 Å². The third-order valence-corrected chi connectivity index (χ3v) is 6.25. The quantitative estimate of drug-likeness (QED) is 0.301. The molecule has 1 aliphatic rings. The maximum atomic E-state index is 10.8. The Balaban J connectivity index is 0.000000642. The molecule has 1 N–H and O–H groups in total. The number of hydrogen-bond acceptors (Lipinski definition) is 11. The normalized spacial score (nSPS) is 14.5. The number of nitrogens with zero attached hydrogens (tertiary/aromatic N) is 2. The largest absolute Gasteiger partial charge is 0.545 e. The van der Waals surface area contributed by atoms with E-state index >= 15 is 0 Å². The van der Waals surface area contributed by atoms with Crippen molar-refractivity contribution in [1.29, 1.82) is 0 Å². The van der Waals surface area contributed by atoms with Crippen LogP contribution in [0, 0.1) is 0 Å². The fourth-order valence-corrected chi connectivity index (χ4v) is 4.19. The van der Waals surface area contributed by atoms with E-state index in [1.807, 2.05) is 30.3 Å². The van der Waals surface area contributed by atoms with Crippen molar-refractivity contribution >= 4 is 17.9 Å². The molecule has 0 aromatic heterocycles. The fraction of sp³-hybridized carbons (Fsp3) is 0.414. The molecule has 224 valence electrons. The Morgan fingerprint density at radius 3 is 1.78 bits per heavy atom. The zero-order valence-electron chi connectivity index (χ0n) is 23.4. The van der Waals surface area contributed by atoms with Crippen molar-refractivity contribution in [3.05, 3.63) is 65.7 Å². The molecular weight excluding hydrogens is 536 g/mol. The Morgan fingerprint density at radius 1 is 0.829 bits per heavy atom. The highest BCUT2D eigenvalue weighted by atomic mass is 16.5. The molecule has 1 aliphatic heterocycles. The van der Waals surface area contributed by atoms with Crippen LogP contribution in [-0.4, -0.2) is 100 Å². The first-order valence-corrected chi connectivity index (χ1v) is 12.9. The molecule has 3 rings (SSSR count). The highest BCUT2D eigenvalue weighted by molar-refractivity contribution is 5.87. The van der Waals surface area contributed by atoms with Crippen LogP contribution in [0.15, 0.2) is 54.6 Å². The summed E-state index contributed by atoms with van der Waals surface area (Å²) in [5.74, 6) is -2.10. The van der Waals surface area contributed by atoms with Gasteiger partial charge in [0.2, 0.25) is 5.75 Å². The maximum absolute atomic E-state index is 10.8. The van der Waals surface area contributed by atoms with E-state index in [1.54, 1.807) is 21.3 Å². The van der Waals surface area contributed by atoms with Gasteiger partial charge in [0.1, 0.15) is 6.10 Å². The molecule has 41 heavy (non-hydrogen) atoms. The maximum Gasteiger partial charge on any atom is 0.304 e. The first-order valence-electron chi connectivity index (χ1n) is 12.9. The minimum absolute atomic E-state index is 0.191. The first-order chi connectivity index (χ1) is 19.7. The predicted octanol–water partition coefficient (Wildman–Crippen LogP) is -0.0469. The summed E-state index contributed by atoms with van der Waals surface area (Å²) in [4.78, 5) is 34.2. The van der Waals surface area contributed by atoms with Crippen LogP contribution in [0.1, 0.15) is 23.7 Å². The van der Waals surface area contributed by atoms with Gasteiger partial charge in [-0.15, -0.1) is 0 Å². The van der Waals surface area contributed by atoms with Gasteiger partial charge in [0.05, 0.1) is 46.3 Å². The number of carboxylic acids is 3. The zero-order chi connectivity index (χ0) is 30.2. The van der Waals surface area contributed by atoms with Crippen LogP contribution in [0.25, 0.3) is 0 Å². The average Bonchev–Trinajstić information content (AvgIpc) is 2.97. The summed E-state index contributed by atoms with van der Waals surface area (Å²) in [6.07, 6.45) is 0.679. The molecule has 1 fully saturated rings. The van der Waals surface area contributed by atoms with Gasteiger partial charge in [-0.1, -0.05) is 30.3 Å². The van der Waals surface area contributed by atoms with Crippen LogP contribution in [0.5, 0.6) is 17.2 Å². The lowest BCUT2D eigenvalue weighted by molar-refractivity contribution is -0.301. The average molecular weight is 573 g/mol. The van der Waals surface area contributed by atoms with E-state index in [4.69, 9.17) is 24.1 Å². The van der Waals surface area contributed by atoms with E-state index < -0.39 is 17.9 Å². The van der Waals surface area contributed by atoms with Crippen LogP contribution in [-0.2, 0) is 19.1 Å². The number of piperazine rings is 1. The number of carbonyl (C=O) groups is 3. The van der Waals surface area contributed by atoms with Gasteiger partial charge in [0, 0.05) is 39.3 Å². The number of hydrogen-bond donors (Lipinski definition) is 1. The number of aliphatic carboxylic acids is 3. The summed E-state index contributed by atoms with van der Waals surface area (Å²) in [6, 6.07) is 13.9. The van der Waals surface area contributed by atoms with Gasteiger partial charge in [-0.05, 0) is 35.4 Å². The van der Waals surface area contributed by atoms with E-state index in [0.717, 1.165) is 43.9 Å². The predicted molar refractivity (Wildman–Crippen MR) is 145 cm³/mol. The van der Waals surface area contributed by atoms with Crippen molar-refractivity contribution < 1.29 is 48.7 Å². The number of ether oxygens (including phenoxy) is 4. The summed E-state index contributed by atoms with van der Waals surface area (Å²) >= 11 is 0. The topological polar surface area (TPSA) is 161 Å². The molecular formula is C29H36N2O10-2. The standard InChI is InChI=1S/C25H34N2O6.C4H4O4/c1-30-21-17-20(18-22(31-2)25(21)32-3)24(19-7-5-4-6-8-19)33-16-15-27-13-11-26(12-14-27)10-9-23(28)29;5-3(6)1-2-4(7)8/h4-8,17-18,24H,9-16H2,1-3H3,(H,28,29);1-2H,(H,5,6)(H,7,8)/p-2. The van der Waals surface area contributed by atoms with Crippen LogP contribution in [0.2, 0.25) is 0 Å². The lowest BCUT2D eigenvalue weighted by Gasteiger charge is -2.34. The Hall–Kier alpha value is -4.13. The number of carbonyl (C=O) groups excluding carboxylic acids is 2. The third kappa shape index (κ3) is 11.5. The zero-order valence-corrected chi connectivity index (χ0v) is 23.4.